The summed E-state index contributed by atoms with van der Waals surface area (Å²) in [7, 11) is 0. The van der Waals surface area contributed by atoms with E-state index in [0.717, 1.165) is 6.07 Å². The maximum Gasteiger partial charge on any atom is 0.416 e. The molecule has 0 aliphatic rings. The van der Waals surface area contributed by atoms with Crippen molar-refractivity contribution in [3.05, 3.63) is 33.9 Å². The number of alkyl halides is 3. The molecule has 26 heavy (non-hydrogen) atoms. The molecule has 8 nitrogen and oxygen atoms in total. The second kappa shape index (κ2) is 9.02. The smallest absolute Gasteiger partial charge is 0.416 e. The number of nitro groups is 1. The number of nitro benzene ring substituents is 1. The van der Waals surface area contributed by atoms with Crippen LogP contribution in [-0.4, -0.2) is 36.0 Å². The first-order valence-electron chi connectivity index (χ1n) is 7.59. The number of hydrogen-bond acceptors (Lipinski definition) is 6. The Hall–Kier alpha value is -2.85. The lowest BCUT2D eigenvalue weighted by Crippen LogP contribution is -2.36. The summed E-state index contributed by atoms with van der Waals surface area (Å²) in [4.78, 5) is 33.0. The zero-order valence-corrected chi connectivity index (χ0v) is 14.1. The number of anilines is 1. The van der Waals surface area contributed by atoms with Gasteiger partial charge in [0.15, 0.2) is 6.61 Å². The molecule has 0 heterocycles. The van der Waals surface area contributed by atoms with E-state index in [4.69, 9.17) is 0 Å². The minimum atomic E-state index is -4.73. The number of ether oxygens (including phenoxy) is 1. The molecule has 0 aliphatic heterocycles. The van der Waals surface area contributed by atoms with Gasteiger partial charge in [0, 0.05) is 12.1 Å². The van der Waals surface area contributed by atoms with Crippen molar-refractivity contribution in [3.63, 3.8) is 0 Å². The minimum Gasteiger partial charge on any atom is -0.454 e. The lowest BCUT2D eigenvalue weighted by Gasteiger charge is -2.12. The van der Waals surface area contributed by atoms with E-state index in [1.165, 1.54) is 0 Å². The number of nitrogens with one attached hydrogen (secondary N) is 2. The lowest BCUT2D eigenvalue weighted by atomic mass is 10.1. The number of rotatable bonds is 8. The Labute approximate surface area is 146 Å². The van der Waals surface area contributed by atoms with Crippen molar-refractivity contribution in [1.82, 2.24) is 5.32 Å². The fraction of sp³-hybridized carbons (Fsp3) is 0.467. The maximum absolute atomic E-state index is 12.6. The molecule has 1 atom stereocenters. The first kappa shape index (κ1) is 21.2. The van der Waals surface area contributed by atoms with Crippen LogP contribution in [-0.2, 0) is 20.5 Å². The number of carbonyl (C=O) groups is 2. The van der Waals surface area contributed by atoms with Gasteiger partial charge < -0.3 is 15.4 Å². The van der Waals surface area contributed by atoms with Crippen LogP contribution >= 0.6 is 0 Å². The van der Waals surface area contributed by atoms with Crippen molar-refractivity contribution in [3.8, 4) is 0 Å². The van der Waals surface area contributed by atoms with Crippen LogP contribution in [0.5, 0.6) is 0 Å². The molecule has 1 amide bonds. The molecular weight excluding hydrogens is 359 g/mol. The van der Waals surface area contributed by atoms with Crippen molar-refractivity contribution in [2.75, 3.05) is 18.5 Å². The van der Waals surface area contributed by atoms with E-state index in [1.807, 2.05) is 6.92 Å². The molecule has 1 aromatic carbocycles. The van der Waals surface area contributed by atoms with Crippen molar-refractivity contribution < 1.29 is 32.4 Å². The highest BCUT2D eigenvalue weighted by Gasteiger charge is 2.33. The molecule has 0 aliphatic carbocycles. The van der Waals surface area contributed by atoms with E-state index in [9.17, 15) is 32.9 Å². The average Bonchev–Trinajstić information content (AvgIpc) is 2.56. The first-order valence-corrected chi connectivity index (χ1v) is 7.59. The highest BCUT2D eigenvalue weighted by molar-refractivity contribution is 5.82. The third kappa shape index (κ3) is 6.57. The van der Waals surface area contributed by atoms with Gasteiger partial charge in [-0.1, -0.05) is 6.92 Å². The summed E-state index contributed by atoms with van der Waals surface area (Å²) in [6.45, 7) is 2.55. The van der Waals surface area contributed by atoms with Crippen LogP contribution in [0.2, 0.25) is 0 Å². The normalized spacial score (nSPS) is 12.2. The zero-order chi connectivity index (χ0) is 19.9. The average molecular weight is 377 g/mol. The molecule has 11 heteroatoms. The molecule has 0 saturated heterocycles. The molecular formula is C15H18F3N3O5. The summed E-state index contributed by atoms with van der Waals surface area (Å²) in [5, 5.41) is 15.8. The zero-order valence-electron chi connectivity index (χ0n) is 14.1. The fourth-order valence-corrected chi connectivity index (χ4v) is 1.79. The monoisotopic (exact) mass is 377 g/mol. The second-order valence-electron chi connectivity index (χ2n) is 5.38. The molecule has 1 rings (SSSR count). The summed E-state index contributed by atoms with van der Waals surface area (Å²) < 4.78 is 42.5. The number of nitrogens with zero attached hydrogens (tertiary/aromatic N) is 1. The molecule has 2 N–H and O–H groups in total. The number of benzene rings is 1. The molecule has 0 saturated carbocycles. The largest absolute Gasteiger partial charge is 0.454 e. The van der Waals surface area contributed by atoms with Gasteiger partial charge >= 0.3 is 12.1 Å². The van der Waals surface area contributed by atoms with Crippen LogP contribution < -0.4 is 10.6 Å². The Morgan fingerprint density at radius 1 is 1.35 bits per heavy atom. The summed E-state index contributed by atoms with van der Waals surface area (Å²) >= 11 is 0. The molecule has 0 spiro atoms. The van der Waals surface area contributed by atoms with Crippen LogP contribution in [0, 0.1) is 10.1 Å². The number of carbonyl (C=O) groups excluding carboxylic acids is 2. The first-order chi connectivity index (χ1) is 12.0. The maximum atomic E-state index is 12.6. The van der Waals surface area contributed by atoms with Crippen LogP contribution in [0.15, 0.2) is 18.2 Å². The molecule has 0 bridgehead atoms. The minimum absolute atomic E-state index is 0.0888. The van der Waals surface area contributed by atoms with Gasteiger partial charge in [-0.3, -0.25) is 19.7 Å². The Kier molecular flexibility index (Phi) is 7.35. The predicted octanol–water partition coefficient (Wildman–Crippen LogP) is 2.48. The fourth-order valence-electron chi connectivity index (χ4n) is 1.79. The standard InChI is InChI=1S/C15H18F3N3O5/c1-3-9(2)20-13(22)8-26-14(23)7-19-11-5-4-10(15(16,17)18)6-12(11)21(24)25/h4-6,9,19H,3,7-8H2,1-2H3,(H,20,22)/t9-/m0/s1. The molecule has 0 fully saturated rings. The number of hydrogen-bond donors (Lipinski definition) is 2. The van der Waals surface area contributed by atoms with E-state index >= 15 is 0 Å². The molecule has 1 aromatic rings. The van der Waals surface area contributed by atoms with E-state index < -0.39 is 47.4 Å². The topological polar surface area (TPSA) is 111 Å². The summed E-state index contributed by atoms with van der Waals surface area (Å²) in [6, 6.07) is 1.78. The SMILES string of the molecule is CC[C@H](C)NC(=O)COC(=O)CNc1ccc(C(F)(F)F)cc1[N+](=O)[O-]. The summed E-state index contributed by atoms with van der Waals surface area (Å²) in [6.07, 6.45) is -4.04. The number of halogens is 3. The second-order valence-corrected chi connectivity index (χ2v) is 5.38. The van der Waals surface area contributed by atoms with Gasteiger partial charge in [-0.05, 0) is 25.5 Å². The molecule has 0 radical (unpaired) electrons. The van der Waals surface area contributed by atoms with Crippen molar-refractivity contribution in [1.29, 1.82) is 0 Å². The van der Waals surface area contributed by atoms with E-state index in [-0.39, 0.29) is 11.7 Å². The van der Waals surface area contributed by atoms with Gasteiger partial charge in [0.2, 0.25) is 0 Å². The van der Waals surface area contributed by atoms with Crippen LogP contribution in [0.4, 0.5) is 24.5 Å². The van der Waals surface area contributed by atoms with E-state index in [0.29, 0.717) is 18.6 Å². The van der Waals surface area contributed by atoms with Crippen LogP contribution in [0.1, 0.15) is 25.8 Å². The predicted molar refractivity (Wildman–Crippen MR) is 85.4 cm³/mol. The Balaban J connectivity index is 2.65. The highest BCUT2D eigenvalue weighted by atomic mass is 19.4. The lowest BCUT2D eigenvalue weighted by molar-refractivity contribution is -0.384. The third-order valence-corrected chi connectivity index (χ3v) is 3.33. The quantitative estimate of drug-likeness (QED) is 0.409. The highest BCUT2D eigenvalue weighted by Crippen LogP contribution is 2.34. The Morgan fingerprint density at radius 3 is 2.54 bits per heavy atom. The molecule has 0 aromatic heterocycles. The Morgan fingerprint density at radius 2 is 2.00 bits per heavy atom. The van der Waals surface area contributed by atoms with Crippen molar-refractivity contribution >= 4 is 23.3 Å². The van der Waals surface area contributed by atoms with Gasteiger partial charge in [0.25, 0.3) is 11.6 Å². The summed E-state index contributed by atoms with van der Waals surface area (Å²) in [5.74, 6) is -1.40. The summed E-state index contributed by atoms with van der Waals surface area (Å²) in [5.41, 5.74) is -2.29. The van der Waals surface area contributed by atoms with Crippen molar-refractivity contribution in [2.24, 2.45) is 0 Å². The van der Waals surface area contributed by atoms with E-state index in [2.05, 4.69) is 15.4 Å². The van der Waals surface area contributed by atoms with Crippen LogP contribution in [0.3, 0.4) is 0 Å². The Bertz CT molecular complexity index is 679. The van der Waals surface area contributed by atoms with Gasteiger partial charge in [0.05, 0.1) is 10.5 Å². The molecule has 144 valence electrons. The van der Waals surface area contributed by atoms with Gasteiger partial charge in [0.1, 0.15) is 12.2 Å². The van der Waals surface area contributed by atoms with Gasteiger partial charge in [-0.2, -0.15) is 13.2 Å². The third-order valence-electron chi connectivity index (χ3n) is 3.33. The number of esters is 1. The van der Waals surface area contributed by atoms with Gasteiger partial charge in [-0.15, -0.1) is 0 Å². The van der Waals surface area contributed by atoms with Gasteiger partial charge in [-0.25, -0.2) is 0 Å². The number of amides is 1. The van der Waals surface area contributed by atoms with Crippen LogP contribution in [0.25, 0.3) is 0 Å². The van der Waals surface area contributed by atoms with E-state index in [1.54, 1.807) is 6.92 Å². The molecule has 0 unspecified atom stereocenters. The van der Waals surface area contributed by atoms with Crippen molar-refractivity contribution in [2.45, 2.75) is 32.5 Å².